The smallest absolute Gasteiger partial charge is 0.272 e. The molecule has 1 aromatic heterocycles. The van der Waals surface area contributed by atoms with E-state index >= 15 is 0 Å². The number of carbonyl (C=O) groups excluding carboxylic acids is 2. The summed E-state index contributed by atoms with van der Waals surface area (Å²) in [5.74, 6) is 1.81. The van der Waals surface area contributed by atoms with Crippen molar-refractivity contribution < 1.29 is 14.3 Å². The van der Waals surface area contributed by atoms with E-state index in [2.05, 4.69) is 16.4 Å². The summed E-state index contributed by atoms with van der Waals surface area (Å²) < 4.78 is 6.53. The van der Waals surface area contributed by atoms with E-state index < -0.39 is 0 Å². The molecule has 1 atom stereocenters. The van der Waals surface area contributed by atoms with Gasteiger partial charge in [0, 0.05) is 51.0 Å². The third-order valence-electron chi connectivity index (χ3n) is 6.87. The minimum absolute atomic E-state index is 0.0253. The molecule has 1 aliphatic carbocycles. The van der Waals surface area contributed by atoms with Crippen LogP contribution in [0.15, 0.2) is 48.7 Å². The van der Waals surface area contributed by atoms with Crippen molar-refractivity contribution in [2.45, 2.75) is 50.0 Å². The fraction of sp³-hybridized carbons (Fsp3) is 0.480. The molecule has 3 heterocycles. The standard InChI is InChI=1S/C25H29N3O3/c29-23(27-17-18-8-9-18)15-19-16-25(31-22-7-2-1-5-20(19)22)10-13-28(14-11-25)24(30)21-6-3-4-12-26-21/h1-7,12,18-19H,8-11,13-17H2,(H,27,29)/t19-/m1/s1. The molecular weight excluding hydrogens is 390 g/mol. The number of likely N-dealkylation sites (tertiary alicyclic amines) is 1. The van der Waals surface area contributed by atoms with E-state index in [1.165, 1.54) is 12.8 Å². The second kappa shape index (κ2) is 8.33. The van der Waals surface area contributed by atoms with Gasteiger partial charge in [-0.05, 0) is 48.9 Å². The average molecular weight is 420 g/mol. The van der Waals surface area contributed by atoms with Crippen LogP contribution in [0.2, 0.25) is 0 Å². The first-order valence-electron chi connectivity index (χ1n) is 11.4. The Morgan fingerprint density at radius 2 is 1.87 bits per heavy atom. The summed E-state index contributed by atoms with van der Waals surface area (Å²) in [6.07, 6.45) is 6.95. The summed E-state index contributed by atoms with van der Waals surface area (Å²) in [4.78, 5) is 31.5. The molecular formula is C25H29N3O3. The van der Waals surface area contributed by atoms with Crippen LogP contribution >= 0.6 is 0 Å². The van der Waals surface area contributed by atoms with E-state index in [1.807, 2.05) is 35.2 Å². The summed E-state index contributed by atoms with van der Waals surface area (Å²) in [5, 5.41) is 3.11. The SMILES string of the molecule is O=C(C[C@@H]1CC2(CCN(C(=O)c3ccccn3)CC2)Oc2ccccc21)NCC1CC1. The highest BCUT2D eigenvalue weighted by molar-refractivity contribution is 5.92. The number of rotatable bonds is 5. The second-order valence-electron chi connectivity index (χ2n) is 9.18. The van der Waals surface area contributed by atoms with Crippen molar-refractivity contribution in [3.63, 3.8) is 0 Å². The number of nitrogens with zero attached hydrogens (tertiary/aromatic N) is 2. The second-order valence-corrected chi connectivity index (χ2v) is 9.18. The number of para-hydroxylation sites is 1. The maximum Gasteiger partial charge on any atom is 0.272 e. The van der Waals surface area contributed by atoms with Gasteiger partial charge in [-0.15, -0.1) is 0 Å². The number of fused-ring (bicyclic) bond motifs is 1. The van der Waals surface area contributed by atoms with Crippen molar-refractivity contribution in [1.82, 2.24) is 15.2 Å². The largest absolute Gasteiger partial charge is 0.487 e. The predicted octanol–water partition coefficient (Wildman–Crippen LogP) is 3.54. The molecule has 1 saturated heterocycles. The van der Waals surface area contributed by atoms with Crippen molar-refractivity contribution in [2.75, 3.05) is 19.6 Å². The number of benzene rings is 1. The summed E-state index contributed by atoms with van der Waals surface area (Å²) in [5.41, 5.74) is 1.29. The summed E-state index contributed by atoms with van der Waals surface area (Å²) in [6.45, 7) is 2.08. The lowest BCUT2D eigenvalue weighted by molar-refractivity contribution is -0.122. The zero-order valence-corrected chi connectivity index (χ0v) is 17.8. The van der Waals surface area contributed by atoms with Crippen LogP contribution < -0.4 is 10.1 Å². The molecule has 2 fully saturated rings. The Balaban J connectivity index is 1.27. The van der Waals surface area contributed by atoms with Crippen LogP contribution in [0.3, 0.4) is 0 Å². The molecule has 2 aliphatic heterocycles. The minimum Gasteiger partial charge on any atom is -0.487 e. The zero-order valence-electron chi connectivity index (χ0n) is 17.8. The van der Waals surface area contributed by atoms with Crippen molar-refractivity contribution in [3.8, 4) is 5.75 Å². The van der Waals surface area contributed by atoms with Crippen molar-refractivity contribution in [2.24, 2.45) is 5.92 Å². The maximum atomic E-state index is 12.8. The van der Waals surface area contributed by atoms with E-state index in [0.717, 1.165) is 37.1 Å². The molecule has 5 rings (SSSR count). The van der Waals surface area contributed by atoms with Crippen LogP contribution in [0.4, 0.5) is 0 Å². The number of pyridine rings is 1. The molecule has 1 aromatic carbocycles. The van der Waals surface area contributed by atoms with Gasteiger partial charge in [-0.1, -0.05) is 24.3 Å². The zero-order chi connectivity index (χ0) is 21.3. The molecule has 31 heavy (non-hydrogen) atoms. The van der Waals surface area contributed by atoms with Gasteiger partial charge in [0.2, 0.25) is 5.91 Å². The number of hydrogen-bond donors (Lipinski definition) is 1. The monoisotopic (exact) mass is 419 g/mol. The molecule has 6 nitrogen and oxygen atoms in total. The van der Waals surface area contributed by atoms with Crippen LogP contribution in [-0.2, 0) is 4.79 Å². The van der Waals surface area contributed by atoms with Crippen molar-refractivity contribution in [1.29, 1.82) is 0 Å². The van der Waals surface area contributed by atoms with Gasteiger partial charge in [-0.25, -0.2) is 0 Å². The molecule has 0 bridgehead atoms. The Bertz CT molecular complexity index is 949. The van der Waals surface area contributed by atoms with Gasteiger partial charge in [0.1, 0.15) is 17.0 Å². The van der Waals surface area contributed by atoms with E-state index in [4.69, 9.17) is 4.74 Å². The molecule has 2 aromatic rings. The highest BCUT2D eigenvalue weighted by Crippen LogP contribution is 2.46. The maximum absolute atomic E-state index is 12.8. The van der Waals surface area contributed by atoms with E-state index in [9.17, 15) is 9.59 Å². The summed E-state index contributed by atoms with van der Waals surface area (Å²) >= 11 is 0. The summed E-state index contributed by atoms with van der Waals surface area (Å²) in [6, 6.07) is 13.5. The highest BCUT2D eigenvalue weighted by Gasteiger charge is 2.44. The van der Waals surface area contributed by atoms with Crippen LogP contribution in [-0.4, -0.2) is 46.9 Å². The molecule has 3 aliphatic rings. The van der Waals surface area contributed by atoms with Crippen molar-refractivity contribution >= 4 is 11.8 Å². The molecule has 1 spiro atoms. The molecule has 162 valence electrons. The topological polar surface area (TPSA) is 71.5 Å². The highest BCUT2D eigenvalue weighted by atomic mass is 16.5. The van der Waals surface area contributed by atoms with Crippen LogP contribution in [0.25, 0.3) is 0 Å². The molecule has 0 radical (unpaired) electrons. The molecule has 1 N–H and O–H groups in total. The Morgan fingerprint density at radius 1 is 1.10 bits per heavy atom. The Hall–Kier alpha value is -2.89. The first kappa shape index (κ1) is 20.0. The van der Waals surface area contributed by atoms with Crippen LogP contribution in [0.5, 0.6) is 5.75 Å². The van der Waals surface area contributed by atoms with Gasteiger partial charge < -0.3 is 15.0 Å². The third-order valence-corrected chi connectivity index (χ3v) is 6.87. The van der Waals surface area contributed by atoms with Gasteiger partial charge in [-0.3, -0.25) is 14.6 Å². The van der Waals surface area contributed by atoms with Gasteiger partial charge in [0.15, 0.2) is 0 Å². The first-order valence-corrected chi connectivity index (χ1v) is 11.4. The number of ether oxygens (including phenoxy) is 1. The fourth-order valence-corrected chi connectivity index (χ4v) is 4.88. The molecule has 6 heteroatoms. The van der Waals surface area contributed by atoms with Gasteiger partial charge >= 0.3 is 0 Å². The van der Waals surface area contributed by atoms with Crippen LogP contribution in [0, 0.1) is 5.92 Å². The molecule has 1 saturated carbocycles. The third kappa shape index (κ3) is 4.43. The van der Waals surface area contributed by atoms with Gasteiger partial charge in [-0.2, -0.15) is 0 Å². The lowest BCUT2D eigenvalue weighted by Crippen LogP contribution is -2.52. The fourth-order valence-electron chi connectivity index (χ4n) is 4.88. The number of aromatic nitrogens is 1. The van der Waals surface area contributed by atoms with E-state index in [-0.39, 0.29) is 23.3 Å². The van der Waals surface area contributed by atoms with E-state index in [1.54, 1.807) is 12.3 Å². The van der Waals surface area contributed by atoms with Crippen molar-refractivity contribution in [3.05, 3.63) is 59.9 Å². The molecule has 0 unspecified atom stereocenters. The van der Waals surface area contributed by atoms with Gasteiger partial charge in [0.25, 0.3) is 5.91 Å². The minimum atomic E-state index is -0.323. The number of carbonyl (C=O) groups is 2. The first-order chi connectivity index (χ1) is 15.1. The molecule has 2 amide bonds. The normalized spacial score (nSPS) is 21.8. The number of piperidine rings is 1. The van der Waals surface area contributed by atoms with Gasteiger partial charge in [0.05, 0.1) is 0 Å². The lowest BCUT2D eigenvalue weighted by atomic mass is 9.76. The predicted molar refractivity (Wildman–Crippen MR) is 117 cm³/mol. The Labute approximate surface area is 183 Å². The number of hydrogen-bond acceptors (Lipinski definition) is 4. The lowest BCUT2D eigenvalue weighted by Gasteiger charge is -2.46. The Kier molecular flexibility index (Phi) is 5.38. The van der Waals surface area contributed by atoms with E-state index in [0.29, 0.717) is 31.1 Å². The number of amides is 2. The quantitative estimate of drug-likeness (QED) is 0.805. The summed E-state index contributed by atoms with van der Waals surface area (Å²) in [7, 11) is 0. The van der Waals surface area contributed by atoms with Crippen LogP contribution in [0.1, 0.15) is 60.5 Å². The Morgan fingerprint density at radius 3 is 2.61 bits per heavy atom. The average Bonchev–Trinajstić information content (AvgIpc) is 3.63. The number of nitrogens with one attached hydrogen (secondary N) is 1.